The third kappa shape index (κ3) is 4.57. The molecule has 0 aliphatic rings. The van der Waals surface area contributed by atoms with Crippen LogP contribution < -0.4 is 10.1 Å². The van der Waals surface area contributed by atoms with Crippen LogP contribution >= 0.6 is 0 Å². The van der Waals surface area contributed by atoms with Crippen molar-refractivity contribution in [3.63, 3.8) is 0 Å². The molecule has 1 rings (SSSR count). The molecule has 98 valence electrons. The zero-order chi connectivity index (χ0) is 13.5. The monoisotopic (exact) mass is 249 g/mol. The van der Waals surface area contributed by atoms with E-state index in [9.17, 15) is 9.59 Å². The molecule has 0 fully saturated rings. The number of rotatable bonds is 6. The number of ketones is 1. The number of carbonyl (C=O) groups excluding carboxylic acids is 2. The van der Waals surface area contributed by atoms with E-state index in [1.165, 1.54) is 6.92 Å². The SMILES string of the molecule is COc1ccccc1CC(C)NC(=O)CC(C)=O. The van der Waals surface area contributed by atoms with Crippen molar-refractivity contribution in [3.05, 3.63) is 29.8 Å². The maximum Gasteiger partial charge on any atom is 0.227 e. The van der Waals surface area contributed by atoms with E-state index >= 15 is 0 Å². The van der Waals surface area contributed by atoms with Crippen molar-refractivity contribution in [2.24, 2.45) is 0 Å². The smallest absolute Gasteiger partial charge is 0.227 e. The Morgan fingerprint density at radius 2 is 2.00 bits per heavy atom. The fraction of sp³-hybridized carbons (Fsp3) is 0.429. The van der Waals surface area contributed by atoms with E-state index in [0.717, 1.165) is 11.3 Å². The summed E-state index contributed by atoms with van der Waals surface area (Å²) in [7, 11) is 1.62. The number of ether oxygens (including phenoxy) is 1. The lowest BCUT2D eigenvalue weighted by molar-refractivity contribution is -0.127. The minimum absolute atomic E-state index is 0.0341. The van der Waals surface area contributed by atoms with Gasteiger partial charge in [0.05, 0.1) is 13.5 Å². The minimum Gasteiger partial charge on any atom is -0.496 e. The zero-order valence-corrected chi connectivity index (χ0v) is 11.0. The fourth-order valence-electron chi connectivity index (χ4n) is 1.80. The molecule has 0 bridgehead atoms. The van der Waals surface area contributed by atoms with Gasteiger partial charge in [-0.25, -0.2) is 0 Å². The van der Waals surface area contributed by atoms with Crippen molar-refractivity contribution < 1.29 is 14.3 Å². The molecule has 4 heteroatoms. The van der Waals surface area contributed by atoms with Gasteiger partial charge in [0.15, 0.2) is 0 Å². The van der Waals surface area contributed by atoms with E-state index in [1.807, 2.05) is 31.2 Å². The van der Waals surface area contributed by atoms with E-state index in [2.05, 4.69) is 5.32 Å². The Balaban J connectivity index is 2.56. The minimum atomic E-state index is -0.232. The number of hydrogen-bond acceptors (Lipinski definition) is 3. The predicted octanol–water partition coefficient (Wildman–Crippen LogP) is 1.72. The van der Waals surface area contributed by atoms with Crippen LogP contribution in [-0.4, -0.2) is 24.8 Å². The van der Waals surface area contributed by atoms with E-state index in [1.54, 1.807) is 7.11 Å². The van der Waals surface area contributed by atoms with Crippen LogP contribution in [0.1, 0.15) is 25.8 Å². The number of Topliss-reactive ketones (excluding diaryl/α,β-unsaturated/α-hetero) is 1. The molecule has 0 saturated heterocycles. The average Bonchev–Trinajstić information content (AvgIpc) is 2.28. The zero-order valence-electron chi connectivity index (χ0n) is 11.0. The predicted molar refractivity (Wildman–Crippen MR) is 69.6 cm³/mol. The first kappa shape index (κ1) is 14.2. The van der Waals surface area contributed by atoms with Gasteiger partial charge in [0.1, 0.15) is 11.5 Å². The molecule has 4 nitrogen and oxygen atoms in total. The van der Waals surface area contributed by atoms with Gasteiger partial charge >= 0.3 is 0 Å². The van der Waals surface area contributed by atoms with Gasteiger partial charge < -0.3 is 10.1 Å². The molecular weight excluding hydrogens is 230 g/mol. The highest BCUT2D eigenvalue weighted by molar-refractivity contribution is 5.96. The van der Waals surface area contributed by atoms with Crippen LogP contribution in [0.25, 0.3) is 0 Å². The van der Waals surface area contributed by atoms with Gasteiger partial charge in [0, 0.05) is 6.04 Å². The lowest BCUT2D eigenvalue weighted by atomic mass is 10.1. The van der Waals surface area contributed by atoms with Crippen LogP contribution in [0.15, 0.2) is 24.3 Å². The van der Waals surface area contributed by atoms with Crippen molar-refractivity contribution in [1.29, 1.82) is 0 Å². The maximum atomic E-state index is 11.4. The molecule has 1 amide bonds. The number of benzene rings is 1. The molecule has 0 saturated carbocycles. The first-order chi connectivity index (χ1) is 8.52. The Labute approximate surface area is 107 Å². The molecule has 0 aliphatic heterocycles. The number of hydrogen-bond donors (Lipinski definition) is 1. The van der Waals surface area contributed by atoms with Crippen LogP contribution in [0, 0.1) is 0 Å². The summed E-state index contributed by atoms with van der Waals surface area (Å²) in [6.07, 6.45) is 0.615. The summed E-state index contributed by atoms with van der Waals surface area (Å²) in [6, 6.07) is 7.66. The molecule has 0 radical (unpaired) electrons. The topological polar surface area (TPSA) is 55.4 Å². The summed E-state index contributed by atoms with van der Waals surface area (Å²) in [5.74, 6) is 0.451. The molecule has 0 aliphatic carbocycles. The lowest BCUT2D eigenvalue weighted by Gasteiger charge is -2.15. The number of para-hydroxylation sites is 1. The number of carbonyl (C=O) groups is 2. The first-order valence-corrected chi connectivity index (χ1v) is 5.93. The maximum absolute atomic E-state index is 11.4. The molecule has 0 spiro atoms. The van der Waals surface area contributed by atoms with Gasteiger partial charge in [-0.05, 0) is 31.9 Å². The van der Waals surface area contributed by atoms with Gasteiger partial charge in [-0.2, -0.15) is 0 Å². The number of amides is 1. The molecule has 0 heterocycles. The number of nitrogens with one attached hydrogen (secondary N) is 1. The van der Waals surface area contributed by atoms with Gasteiger partial charge in [-0.15, -0.1) is 0 Å². The summed E-state index contributed by atoms with van der Waals surface area (Å²) < 4.78 is 5.25. The normalized spacial score (nSPS) is 11.7. The molecule has 1 atom stereocenters. The van der Waals surface area contributed by atoms with Crippen molar-refractivity contribution in [1.82, 2.24) is 5.32 Å². The molecule has 18 heavy (non-hydrogen) atoms. The summed E-state index contributed by atoms with van der Waals surface area (Å²) >= 11 is 0. The summed E-state index contributed by atoms with van der Waals surface area (Å²) in [5.41, 5.74) is 1.04. The van der Waals surface area contributed by atoms with Crippen LogP contribution in [-0.2, 0) is 16.0 Å². The van der Waals surface area contributed by atoms with E-state index < -0.39 is 0 Å². The highest BCUT2D eigenvalue weighted by Gasteiger charge is 2.11. The third-order valence-electron chi connectivity index (χ3n) is 2.54. The van der Waals surface area contributed by atoms with Crippen molar-refractivity contribution >= 4 is 11.7 Å². The Morgan fingerprint density at radius 3 is 2.61 bits per heavy atom. The highest BCUT2D eigenvalue weighted by Crippen LogP contribution is 2.18. The van der Waals surface area contributed by atoms with Crippen LogP contribution in [0.4, 0.5) is 0 Å². The Kier molecular flexibility index (Phi) is 5.36. The fourth-order valence-corrected chi connectivity index (χ4v) is 1.80. The third-order valence-corrected chi connectivity index (χ3v) is 2.54. The van der Waals surface area contributed by atoms with Gasteiger partial charge in [0.25, 0.3) is 0 Å². The van der Waals surface area contributed by atoms with Gasteiger partial charge in [0.2, 0.25) is 5.91 Å². The van der Waals surface area contributed by atoms with Gasteiger partial charge in [-0.1, -0.05) is 18.2 Å². The molecule has 1 aromatic carbocycles. The van der Waals surface area contributed by atoms with Gasteiger partial charge in [-0.3, -0.25) is 9.59 Å². The lowest BCUT2D eigenvalue weighted by Crippen LogP contribution is -2.35. The number of methoxy groups -OCH3 is 1. The Bertz CT molecular complexity index is 429. The molecule has 0 aromatic heterocycles. The molecule has 1 N–H and O–H groups in total. The van der Waals surface area contributed by atoms with Crippen LogP contribution in [0.2, 0.25) is 0 Å². The summed E-state index contributed by atoms with van der Waals surface area (Å²) in [4.78, 5) is 22.3. The summed E-state index contributed by atoms with van der Waals surface area (Å²) in [6.45, 7) is 3.31. The molecular formula is C14H19NO3. The van der Waals surface area contributed by atoms with E-state index in [0.29, 0.717) is 6.42 Å². The largest absolute Gasteiger partial charge is 0.496 e. The van der Waals surface area contributed by atoms with E-state index in [4.69, 9.17) is 4.74 Å². The standard InChI is InChI=1S/C14H19NO3/c1-10(15-14(17)9-11(2)16)8-12-6-4-5-7-13(12)18-3/h4-7,10H,8-9H2,1-3H3,(H,15,17). The summed E-state index contributed by atoms with van der Waals surface area (Å²) in [5, 5.41) is 2.80. The molecule has 1 unspecified atom stereocenters. The van der Waals surface area contributed by atoms with E-state index in [-0.39, 0.29) is 24.2 Å². The van der Waals surface area contributed by atoms with Crippen LogP contribution in [0.3, 0.4) is 0 Å². The highest BCUT2D eigenvalue weighted by atomic mass is 16.5. The van der Waals surface area contributed by atoms with Crippen molar-refractivity contribution in [2.45, 2.75) is 32.7 Å². The Hall–Kier alpha value is -1.84. The second kappa shape index (κ2) is 6.79. The Morgan fingerprint density at radius 1 is 1.33 bits per heavy atom. The first-order valence-electron chi connectivity index (χ1n) is 5.93. The van der Waals surface area contributed by atoms with Crippen LogP contribution in [0.5, 0.6) is 5.75 Å². The van der Waals surface area contributed by atoms with Crippen molar-refractivity contribution in [3.8, 4) is 5.75 Å². The quantitative estimate of drug-likeness (QED) is 0.781. The second-order valence-electron chi connectivity index (χ2n) is 4.36. The second-order valence-corrected chi connectivity index (χ2v) is 4.36. The van der Waals surface area contributed by atoms with Crippen molar-refractivity contribution in [2.75, 3.05) is 7.11 Å². The molecule has 1 aromatic rings. The average molecular weight is 249 g/mol.